The molecule has 10 heteroatoms. The van der Waals surface area contributed by atoms with Gasteiger partial charge in [-0.15, -0.1) is 6.58 Å². The minimum Gasteiger partial charge on any atom is -0.371 e. The Morgan fingerprint density at radius 1 is 1.07 bits per heavy atom. The van der Waals surface area contributed by atoms with Gasteiger partial charge in [-0.3, -0.25) is 14.9 Å². The van der Waals surface area contributed by atoms with E-state index < -0.39 is 5.91 Å². The predicted octanol–water partition coefficient (Wildman–Crippen LogP) is 4.04. The van der Waals surface area contributed by atoms with Crippen molar-refractivity contribution in [1.82, 2.24) is 24.2 Å². The SMILES string of the molecule is C=CCn1c(=N)c2cnc(Nc3ccc(N4CCC5(CCN(C)CC5)CC4)cc3)nc2n1-c1cccc(C(N)=O)c1. The van der Waals surface area contributed by atoms with Gasteiger partial charge in [0, 0.05) is 36.2 Å². The van der Waals surface area contributed by atoms with E-state index in [9.17, 15) is 4.79 Å². The summed E-state index contributed by atoms with van der Waals surface area (Å²) < 4.78 is 3.54. The molecule has 2 aliphatic heterocycles. The van der Waals surface area contributed by atoms with E-state index in [4.69, 9.17) is 16.1 Å². The minimum atomic E-state index is -0.518. The number of rotatable bonds is 7. The molecule has 41 heavy (non-hydrogen) atoms. The van der Waals surface area contributed by atoms with Crippen LogP contribution in [0.25, 0.3) is 16.7 Å². The Bertz CT molecular complexity index is 1630. The van der Waals surface area contributed by atoms with Crippen molar-refractivity contribution in [1.29, 1.82) is 5.41 Å². The summed E-state index contributed by atoms with van der Waals surface area (Å²) in [5, 5.41) is 12.6. The molecule has 4 heterocycles. The van der Waals surface area contributed by atoms with Crippen LogP contribution in [0.4, 0.5) is 17.3 Å². The molecule has 2 fully saturated rings. The summed E-state index contributed by atoms with van der Waals surface area (Å²) in [5.41, 5.74) is 10.0. The number of amides is 1. The Morgan fingerprint density at radius 3 is 2.46 bits per heavy atom. The van der Waals surface area contributed by atoms with Crippen LogP contribution < -0.4 is 21.4 Å². The van der Waals surface area contributed by atoms with Crippen LogP contribution >= 0.6 is 0 Å². The van der Waals surface area contributed by atoms with Crippen LogP contribution in [0.1, 0.15) is 36.0 Å². The van der Waals surface area contributed by atoms with Gasteiger partial charge in [0.05, 0.1) is 17.6 Å². The first kappa shape index (κ1) is 26.8. The number of hydrogen-bond donors (Lipinski definition) is 3. The van der Waals surface area contributed by atoms with E-state index in [1.165, 1.54) is 44.5 Å². The molecule has 0 aliphatic carbocycles. The lowest BCUT2D eigenvalue weighted by Crippen LogP contribution is -2.46. The maximum absolute atomic E-state index is 11.8. The van der Waals surface area contributed by atoms with Crippen LogP contribution in [0.5, 0.6) is 0 Å². The van der Waals surface area contributed by atoms with E-state index in [0.717, 1.165) is 18.8 Å². The van der Waals surface area contributed by atoms with Crippen LogP contribution in [0.15, 0.2) is 67.4 Å². The molecule has 2 aliphatic rings. The van der Waals surface area contributed by atoms with Crippen molar-refractivity contribution in [3.05, 3.63) is 78.4 Å². The molecule has 2 aromatic heterocycles. The predicted molar refractivity (Wildman–Crippen MR) is 162 cm³/mol. The van der Waals surface area contributed by atoms with Crippen LogP contribution in [0.2, 0.25) is 0 Å². The Balaban J connectivity index is 1.23. The lowest BCUT2D eigenvalue weighted by molar-refractivity contribution is 0.0945. The fourth-order valence-electron chi connectivity index (χ4n) is 6.18. The van der Waals surface area contributed by atoms with Gasteiger partial charge in [-0.25, -0.2) is 9.67 Å². The second-order valence-corrected chi connectivity index (χ2v) is 11.3. The zero-order chi connectivity index (χ0) is 28.6. The smallest absolute Gasteiger partial charge is 0.248 e. The number of carbonyl (C=O) groups is 1. The van der Waals surface area contributed by atoms with Crippen molar-refractivity contribution in [3.63, 3.8) is 0 Å². The number of nitrogens with zero attached hydrogens (tertiary/aromatic N) is 6. The molecule has 1 spiro atoms. The number of aromatic nitrogens is 4. The molecule has 4 N–H and O–H groups in total. The second kappa shape index (κ2) is 10.9. The maximum Gasteiger partial charge on any atom is 0.248 e. The van der Waals surface area contributed by atoms with Gasteiger partial charge in [0.2, 0.25) is 11.9 Å². The van der Waals surface area contributed by atoms with Crippen LogP contribution in [-0.4, -0.2) is 63.4 Å². The molecular weight excluding hydrogens is 514 g/mol. The third kappa shape index (κ3) is 5.22. The number of allylic oxidation sites excluding steroid dienone is 1. The lowest BCUT2D eigenvalue weighted by atomic mass is 9.71. The zero-order valence-electron chi connectivity index (χ0n) is 23.5. The van der Waals surface area contributed by atoms with Crippen molar-refractivity contribution >= 4 is 34.3 Å². The van der Waals surface area contributed by atoms with Gasteiger partial charge >= 0.3 is 0 Å². The highest BCUT2D eigenvalue weighted by Crippen LogP contribution is 2.42. The van der Waals surface area contributed by atoms with Gasteiger partial charge in [0.25, 0.3) is 0 Å². The molecule has 10 nitrogen and oxygen atoms in total. The number of hydrogen-bond acceptors (Lipinski definition) is 7. The van der Waals surface area contributed by atoms with E-state index >= 15 is 0 Å². The fraction of sp³-hybridized carbons (Fsp3) is 0.355. The maximum atomic E-state index is 11.8. The second-order valence-electron chi connectivity index (χ2n) is 11.3. The molecule has 2 saturated heterocycles. The first-order valence-corrected chi connectivity index (χ1v) is 14.2. The van der Waals surface area contributed by atoms with Gasteiger partial charge in [-0.1, -0.05) is 12.1 Å². The van der Waals surface area contributed by atoms with Crippen molar-refractivity contribution < 1.29 is 4.79 Å². The molecule has 1 amide bonds. The number of carbonyl (C=O) groups excluding carboxylic acids is 1. The van der Waals surface area contributed by atoms with Crippen molar-refractivity contribution in [2.75, 3.05) is 43.4 Å². The van der Waals surface area contributed by atoms with Gasteiger partial charge in [-0.05, 0) is 93.7 Å². The molecule has 4 aromatic rings. The monoisotopic (exact) mass is 551 g/mol. The summed E-state index contributed by atoms with van der Waals surface area (Å²) in [6, 6.07) is 15.4. The summed E-state index contributed by atoms with van der Waals surface area (Å²) in [6.45, 7) is 8.87. The number of nitrogens with two attached hydrogens (primary N) is 1. The molecule has 0 saturated carbocycles. The van der Waals surface area contributed by atoms with Crippen LogP contribution in [-0.2, 0) is 6.54 Å². The number of benzene rings is 2. The van der Waals surface area contributed by atoms with Crippen molar-refractivity contribution in [3.8, 4) is 5.69 Å². The highest BCUT2D eigenvalue weighted by atomic mass is 16.1. The number of likely N-dealkylation sites (tertiary alicyclic amines) is 1. The number of piperidine rings is 2. The fourth-order valence-corrected chi connectivity index (χ4v) is 6.18. The van der Waals surface area contributed by atoms with E-state index in [2.05, 4.69) is 58.0 Å². The topological polar surface area (TPSA) is 121 Å². The van der Waals surface area contributed by atoms with E-state index in [0.29, 0.717) is 40.2 Å². The number of fused-ring (bicyclic) bond motifs is 1. The standard InChI is InChI=1S/C31H37N9O/c1-3-15-39-27(32)26-21-34-30(36-29(26)40(39)25-6-4-5-22(20-25)28(33)41)35-23-7-9-24(10-8-23)38-18-13-31(14-19-38)11-16-37(2)17-12-31/h3-10,20-21,32H,1,11-19H2,2H3,(H2,33,41)(H,34,35,36). The van der Waals surface area contributed by atoms with Crippen LogP contribution in [0, 0.1) is 10.8 Å². The molecule has 0 atom stereocenters. The van der Waals surface area contributed by atoms with E-state index in [-0.39, 0.29) is 5.49 Å². The summed E-state index contributed by atoms with van der Waals surface area (Å²) in [7, 11) is 2.23. The van der Waals surface area contributed by atoms with Crippen LogP contribution in [0.3, 0.4) is 0 Å². The molecule has 0 radical (unpaired) electrons. The van der Waals surface area contributed by atoms with Crippen molar-refractivity contribution in [2.24, 2.45) is 11.1 Å². The molecule has 6 rings (SSSR count). The lowest BCUT2D eigenvalue weighted by Gasteiger charge is -2.46. The summed E-state index contributed by atoms with van der Waals surface area (Å²) in [6.07, 6.45) is 8.54. The average molecular weight is 552 g/mol. The zero-order valence-corrected chi connectivity index (χ0v) is 23.5. The first-order valence-electron chi connectivity index (χ1n) is 14.2. The van der Waals surface area contributed by atoms with Crippen molar-refractivity contribution in [2.45, 2.75) is 32.2 Å². The Morgan fingerprint density at radius 2 is 1.78 bits per heavy atom. The quantitative estimate of drug-likeness (QED) is 0.298. The highest BCUT2D eigenvalue weighted by molar-refractivity contribution is 5.93. The molecular formula is C31H37N9O. The Hall–Kier alpha value is -4.44. The number of nitrogens with one attached hydrogen (secondary N) is 2. The molecule has 212 valence electrons. The van der Waals surface area contributed by atoms with Gasteiger partial charge < -0.3 is 20.9 Å². The van der Waals surface area contributed by atoms with E-state index in [1.807, 2.05) is 6.07 Å². The van der Waals surface area contributed by atoms with Gasteiger partial charge in [0.15, 0.2) is 11.1 Å². The largest absolute Gasteiger partial charge is 0.371 e. The Kier molecular flexibility index (Phi) is 7.08. The molecule has 2 aromatic carbocycles. The summed E-state index contributed by atoms with van der Waals surface area (Å²) in [5.74, 6) is -0.0982. The summed E-state index contributed by atoms with van der Waals surface area (Å²) in [4.78, 5) is 26.1. The third-order valence-corrected chi connectivity index (χ3v) is 8.76. The first-order chi connectivity index (χ1) is 19.9. The third-order valence-electron chi connectivity index (χ3n) is 8.76. The van der Waals surface area contributed by atoms with E-state index in [1.54, 1.807) is 39.8 Å². The number of primary amides is 1. The highest BCUT2D eigenvalue weighted by Gasteiger charge is 2.36. The summed E-state index contributed by atoms with van der Waals surface area (Å²) >= 11 is 0. The number of anilines is 3. The Labute approximate surface area is 239 Å². The van der Waals surface area contributed by atoms with Gasteiger partial charge in [-0.2, -0.15) is 4.98 Å². The average Bonchev–Trinajstić information content (AvgIpc) is 3.26. The minimum absolute atomic E-state index is 0.254. The van der Waals surface area contributed by atoms with Gasteiger partial charge in [0.1, 0.15) is 0 Å². The normalized spacial score (nSPS) is 17.1. The molecule has 0 bridgehead atoms. The molecule has 0 unspecified atom stereocenters.